The molecule has 78 valence electrons. The molecule has 1 fully saturated rings. The van der Waals surface area contributed by atoms with Crippen LogP contribution in [0.15, 0.2) is 16.8 Å². The molecule has 1 aromatic heterocycles. The molecule has 2 heterocycles. The molecule has 2 rings (SSSR count). The first-order valence-electron chi connectivity index (χ1n) is 5.45. The van der Waals surface area contributed by atoms with Gasteiger partial charge >= 0.3 is 0 Å². The Morgan fingerprint density at radius 1 is 1.50 bits per heavy atom. The summed E-state index contributed by atoms with van der Waals surface area (Å²) in [6.07, 6.45) is 2.60. The van der Waals surface area contributed by atoms with Crippen molar-refractivity contribution in [2.75, 3.05) is 13.1 Å². The van der Waals surface area contributed by atoms with E-state index < -0.39 is 0 Å². The molecule has 0 spiro atoms. The predicted molar refractivity (Wildman–Crippen MR) is 62.8 cm³/mol. The van der Waals surface area contributed by atoms with Crippen LogP contribution in [0.25, 0.3) is 0 Å². The van der Waals surface area contributed by atoms with Gasteiger partial charge in [-0.2, -0.15) is 11.3 Å². The molecule has 0 radical (unpaired) electrons. The predicted octanol–water partition coefficient (Wildman–Crippen LogP) is 2.93. The van der Waals surface area contributed by atoms with E-state index in [0.717, 1.165) is 5.92 Å². The van der Waals surface area contributed by atoms with Crippen molar-refractivity contribution in [2.45, 2.75) is 26.7 Å². The van der Waals surface area contributed by atoms with Crippen LogP contribution >= 0.6 is 11.3 Å². The molecule has 2 heteroatoms. The van der Waals surface area contributed by atoms with Gasteiger partial charge < -0.3 is 5.32 Å². The van der Waals surface area contributed by atoms with Gasteiger partial charge in [0.05, 0.1) is 0 Å². The maximum atomic E-state index is 3.42. The summed E-state index contributed by atoms with van der Waals surface area (Å²) in [5, 5.41) is 7.87. The van der Waals surface area contributed by atoms with E-state index in [2.05, 4.69) is 36.0 Å². The Balaban J connectivity index is 1.90. The second-order valence-electron chi connectivity index (χ2n) is 4.75. The lowest BCUT2D eigenvalue weighted by Gasteiger charge is -2.46. The number of aryl methyl sites for hydroxylation is 1. The molecular weight excluding hydrogens is 190 g/mol. The molecule has 0 aliphatic carbocycles. The van der Waals surface area contributed by atoms with Gasteiger partial charge in [-0.1, -0.05) is 13.8 Å². The Labute approximate surface area is 90.5 Å². The second kappa shape index (κ2) is 4.03. The molecular formula is C12H19NS. The van der Waals surface area contributed by atoms with Crippen molar-refractivity contribution in [2.24, 2.45) is 11.3 Å². The third kappa shape index (κ3) is 1.86. The fourth-order valence-corrected chi connectivity index (χ4v) is 2.85. The summed E-state index contributed by atoms with van der Waals surface area (Å²) in [7, 11) is 0. The topological polar surface area (TPSA) is 12.0 Å². The number of rotatable bonds is 4. The minimum absolute atomic E-state index is 0.585. The summed E-state index contributed by atoms with van der Waals surface area (Å²) < 4.78 is 0. The van der Waals surface area contributed by atoms with Gasteiger partial charge in [0.1, 0.15) is 0 Å². The zero-order valence-electron chi connectivity index (χ0n) is 9.05. The molecule has 1 nitrogen and oxygen atoms in total. The zero-order valence-corrected chi connectivity index (χ0v) is 9.86. The lowest BCUT2D eigenvalue weighted by atomic mass is 9.69. The minimum atomic E-state index is 0.585. The third-order valence-electron chi connectivity index (χ3n) is 3.67. The van der Waals surface area contributed by atoms with Crippen LogP contribution in [0, 0.1) is 11.3 Å². The number of nitrogens with one attached hydrogen (secondary N) is 1. The smallest absolute Gasteiger partial charge is 0.00228 e. The van der Waals surface area contributed by atoms with Gasteiger partial charge in [0.25, 0.3) is 0 Å². The first-order valence-corrected chi connectivity index (χ1v) is 6.39. The molecule has 1 aliphatic rings. The molecule has 0 bridgehead atoms. The SMILES string of the molecule is CC(C)C1(CCc2ccsc2)CNC1. The van der Waals surface area contributed by atoms with Gasteiger partial charge in [-0.15, -0.1) is 0 Å². The molecule has 14 heavy (non-hydrogen) atoms. The first kappa shape index (κ1) is 10.2. The van der Waals surface area contributed by atoms with E-state index in [4.69, 9.17) is 0 Å². The molecule has 1 saturated heterocycles. The highest BCUT2D eigenvalue weighted by Crippen LogP contribution is 2.36. The van der Waals surface area contributed by atoms with Gasteiger partial charge in [-0.05, 0) is 46.6 Å². The van der Waals surface area contributed by atoms with Crippen molar-refractivity contribution in [1.82, 2.24) is 5.32 Å². The van der Waals surface area contributed by atoms with Gasteiger partial charge in [0, 0.05) is 13.1 Å². The van der Waals surface area contributed by atoms with Crippen molar-refractivity contribution in [3.05, 3.63) is 22.4 Å². The lowest BCUT2D eigenvalue weighted by molar-refractivity contribution is 0.0878. The van der Waals surface area contributed by atoms with Crippen LogP contribution in [0.4, 0.5) is 0 Å². The third-order valence-corrected chi connectivity index (χ3v) is 4.40. The number of hydrogen-bond donors (Lipinski definition) is 1. The lowest BCUT2D eigenvalue weighted by Crippen LogP contribution is -2.56. The zero-order chi connectivity index (χ0) is 10.0. The number of hydrogen-bond acceptors (Lipinski definition) is 2. The molecule has 1 aromatic rings. The van der Waals surface area contributed by atoms with E-state index in [1.165, 1.54) is 31.5 Å². The van der Waals surface area contributed by atoms with Gasteiger partial charge in [-0.25, -0.2) is 0 Å². The van der Waals surface area contributed by atoms with Crippen LogP contribution in [-0.4, -0.2) is 13.1 Å². The van der Waals surface area contributed by atoms with Gasteiger partial charge in [0.2, 0.25) is 0 Å². The van der Waals surface area contributed by atoms with E-state index in [0.29, 0.717) is 5.41 Å². The Kier molecular flexibility index (Phi) is 2.93. The standard InChI is InChI=1S/C12H19NS/c1-10(2)12(8-13-9-12)5-3-11-4-6-14-7-11/h4,6-7,10,13H,3,5,8-9H2,1-2H3. The molecule has 0 saturated carbocycles. The molecule has 1 aliphatic heterocycles. The van der Waals surface area contributed by atoms with Gasteiger partial charge in [-0.3, -0.25) is 0 Å². The second-order valence-corrected chi connectivity index (χ2v) is 5.53. The van der Waals surface area contributed by atoms with Crippen LogP contribution in [0.5, 0.6) is 0 Å². The highest BCUT2D eigenvalue weighted by molar-refractivity contribution is 7.07. The minimum Gasteiger partial charge on any atom is -0.316 e. The van der Waals surface area contributed by atoms with E-state index in [9.17, 15) is 0 Å². The fourth-order valence-electron chi connectivity index (χ4n) is 2.15. The van der Waals surface area contributed by atoms with E-state index in [1.54, 1.807) is 0 Å². The molecule has 0 atom stereocenters. The first-order chi connectivity index (χ1) is 6.73. The van der Waals surface area contributed by atoms with Crippen molar-refractivity contribution in [3.8, 4) is 0 Å². The molecule has 0 aromatic carbocycles. The van der Waals surface area contributed by atoms with Crippen LogP contribution in [0.3, 0.4) is 0 Å². The highest BCUT2D eigenvalue weighted by atomic mass is 32.1. The average Bonchev–Trinajstić information content (AvgIpc) is 2.53. The van der Waals surface area contributed by atoms with Crippen molar-refractivity contribution >= 4 is 11.3 Å². The Hall–Kier alpha value is -0.340. The highest BCUT2D eigenvalue weighted by Gasteiger charge is 2.38. The normalized spacial score (nSPS) is 19.6. The molecule has 0 unspecified atom stereocenters. The molecule has 0 amide bonds. The quantitative estimate of drug-likeness (QED) is 0.804. The summed E-state index contributed by atoms with van der Waals surface area (Å²) in [5.74, 6) is 0.808. The van der Waals surface area contributed by atoms with Crippen LogP contribution in [0.2, 0.25) is 0 Å². The summed E-state index contributed by atoms with van der Waals surface area (Å²) in [5.41, 5.74) is 2.10. The van der Waals surface area contributed by atoms with E-state index >= 15 is 0 Å². The van der Waals surface area contributed by atoms with Crippen LogP contribution in [0.1, 0.15) is 25.8 Å². The Morgan fingerprint density at radius 2 is 2.29 bits per heavy atom. The van der Waals surface area contributed by atoms with Crippen molar-refractivity contribution in [3.63, 3.8) is 0 Å². The monoisotopic (exact) mass is 209 g/mol. The van der Waals surface area contributed by atoms with Gasteiger partial charge in [0.15, 0.2) is 0 Å². The van der Waals surface area contributed by atoms with Crippen molar-refractivity contribution < 1.29 is 0 Å². The van der Waals surface area contributed by atoms with E-state index in [1.807, 2.05) is 11.3 Å². The summed E-state index contributed by atoms with van der Waals surface area (Å²) in [4.78, 5) is 0. The van der Waals surface area contributed by atoms with E-state index in [-0.39, 0.29) is 0 Å². The maximum absolute atomic E-state index is 3.42. The average molecular weight is 209 g/mol. The fraction of sp³-hybridized carbons (Fsp3) is 0.667. The summed E-state index contributed by atoms with van der Waals surface area (Å²) in [6.45, 7) is 7.15. The number of thiophene rings is 1. The largest absolute Gasteiger partial charge is 0.316 e. The van der Waals surface area contributed by atoms with Crippen molar-refractivity contribution in [1.29, 1.82) is 0 Å². The summed E-state index contributed by atoms with van der Waals surface area (Å²) >= 11 is 1.81. The molecule has 1 N–H and O–H groups in total. The summed E-state index contributed by atoms with van der Waals surface area (Å²) in [6, 6.07) is 2.25. The van der Waals surface area contributed by atoms with Crippen LogP contribution in [-0.2, 0) is 6.42 Å². The maximum Gasteiger partial charge on any atom is 0.00228 e. The van der Waals surface area contributed by atoms with Crippen LogP contribution < -0.4 is 5.32 Å². The Bertz CT molecular complexity index is 273. The Morgan fingerprint density at radius 3 is 2.71 bits per heavy atom.